The molecule has 4 unspecified atom stereocenters. The quantitative estimate of drug-likeness (QED) is 0.364. The van der Waals surface area contributed by atoms with E-state index in [1.54, 1.807) is 0 Å². The number of aliphatic hydroxyl groups is 2. The highest BCUT2D eigenvalue weighted by Gasteiger charge is 2.43. The molecule has 0 amide bonds. The Balaban J connectivity index is 1.75. The maximum atomic E-state index is 12.4. The summed E-state index contributed by atoms with van der Waals surface area (Å²) in [6.45, 7) is 6.01. The molecule has 3 N–H and O–H groups in total. The highest BCUT2D eigenvalue weighted by atomic mass is 16.4. The average Bonchev–Trinajstić information content (AvgIpc) is 3.32. The molecule has 0 aromatic heterocycles. The molecule has 0 spiro atoms. The zero-order chi connectivity index (χ0) is 21.6. The monoisotopic (exact) mass is 410 g/mol. The van der Waals surface area contributed by atoms with Gasteiger partial charge in [0.25, 0.3) is 0 Å². The second kappa shape index (κ2) is 10.9. The highest BCUT2D eigenvalue weighted by Crippen LogP contribution is 2.47. The third kappa shape index (κ3) is 7.36. The maximum Gasteiger partial charge on any atom is 0.306 e. The Morgan fingerprint density at radius 2 is 1.90 bits per heavy atom. The van der Waals surface area contributed by atoms with Gasteiger partial charge in [-0.3, -0.25) is 9.59 Å². The van der Waals surface area contributed by atoms with Crippen molar-refractivity contribution in [3.63, 3.8) is 0 Å². The molecule has 0 bridgehead atoms. The fourth-order valence-corrected chi connectivity index (χ4v) is 5.42. The standard InChI is InChI=1S/C24H42O5/c1-4-16(23(27)28)9-7-6-8-10-19-20(22(26)14-21(19)25)11-12-24(3,29)15-18-13-17(18)5-2/h16-20,22,26,29H,4-15H2,1-3H3,(H,27,28)/t16?,17?,18?,19-,20-,22-,24?/m1/s1. The second-order valence-corrected chi connectivity index (χ2v) is 9.99. The molecule has 7 atom stereocenters. The number of Topliss-reactive ketones (excluding diaryl/α,β-unsaturated/α-hetero) is 1. The Hall–Kier alpha value is -0.940. The van der Waals surface area contributed by atoms with Crippen molar-refractivity contribution in [2.24, 2.45) is 29.6 Å². The topological polar surface area (TPSA) is 94.8 Å². The largest absolute Gasteiger partial charge is 0.481 e. The van der Waals surface area contributed by atoms with E-state index in [4.69, 9.17) is 5.11 Å². The van der Waals surface area contributed by atoms with Gasteiger partial charge in [0.15, 0.2) is 0 Å². The summed E-state index contributed by atoms with van der Waals surface area (Å²) in [6, 6.07) is 0. The number of unbranched alkanes of at least 4 members (excludes halogenated alkanes) is 2. The van der Waals surface area contributed by atoms with Crippen LogP contribution in [0.5, 0.6) is 0 Å². The summed E-state index contributed by atoms with van der Waals surface area (Å²) in [7, 11) is 0. The van der Waals surface area contributed by atoms with Crippen molar-refractivity contribution in [3.05, 3.63) is 0 Å². The molecule has 0 aromatic carbocycles. The number of carbonyl (C=O) groups is 2. The van der Waals surface area contributed by atoms with Crippen LogP contribution in [-0.2, 0) is 9.59 Å². The van der Waals surface area contributed by atoms with Gasteiger partial charge in [-0.1, -0.05) is 39.5 Å². The van der Waals surface area contributed by atoms with Crippen molar-refractivity contribution < 1.29 is 24.9 Å². The predicted octanol–water partition coefficient (Wildman–Crippen LogP) is 4.58. The summed E-state index contributed by atoms with van der Waals surface area (Å²) < 4.78 is 0. The molecule has 2 fully saturated rings. The molecular formula is C24H42O5. The first-order valence-electron chi connectivity index (χ1n) is 11.8. The Morgan fingerprint density at radius 1 is 1.17 bits per heavy atom. The van der Waals surface area contributed by atoms with Gasteiger partial charge >= 0.3 is 5.97 Å². The van der Waals surface area contributed by atoms with Crippen LogP contribution in [0.25, 0.3) is 0 Å². The van der Waals surface area contributed by atoms with E-state index in [9.17, 15) is 19.8 Å². The van der Waals surface area contributed by atoms with Gasteiger partial charge < -0.3 is 15.3 Å². The van der Waals surface area contributed by atoms with Gasteiger partial charge in [0.05, 0.1) is 17.6 Å². The maximum absolute atomic E-state index is 12.4. The van der Waals surface area contributed by atoms with Gasteiger partial charge in [-0.15, -0.1) is 0 Å². The number of ketones is 1. The summed E-state index contributed by atoms with van der Waals surface area (Å²) >= 11 is 0. The molecule has 29 heavy (non-hydrogen) atoms. The molecule has 5 heteroatoms. The van der Waals surface area contributed by atoms with E-state index in [-0.39, 0.29) is 30.0 Å². The number of aliphatic carboxylic acids is 1. The first-order valence-corrected chi connectivity index (χ1v) is 11.8. The SMILES string of the molecule is CCC(CCCCC[C@H]1C(=O)C[C@@H](O)[C@@H]1CCC(C)(O)CC1CC1CC)C(=O)O. The first kappa shape index (κ1) is 24.3. The molecule has 0 aliphatic heterocycles. The van der Waals surface area contributed by atoms with Crippen LogP contribution in [0.2, 0.25) is 0 Å². The lowest BCUT2D eigenvalue weighted by molar-refractivity contribution is -0.142. The van der Waals surface area contributed by atoms with Crippen molar-refractivity contribution >= 4 is 11.8 Å². The Labute approximate surface area is 176 Å². The molecule has 2 aliphatic rings. The van der Waals surface area contributed by atoms with E-state index in [0.717, 1.165) is 38.0 Å². The molecular weight excluding hydrogens is 368 g/mol. The minimum absolute atomic E-state index is 0.0439. The molecule has 2 saturated carbocycles. The van der Waals surface area contributed by atoms with Gasteiger partial charge in [-0.2, -0.15) is 0 Å². The number of hydrogen-bond acceptors (Lipinski definition) is 4. The zero-order valence-electron chi connectivity index (χ0n) is 18.6. The third-order valence-electron chi connectivity index (χ3n) is 7.56. The number of carboxylic acid groups (broad SMARTS) is 1. The number of carbonyl (C=O) groups excluding carboxylic acids is 1. The smallest absolute Gasteiger partial charge is 0.306 e. The van der Waals surface area contributed by atoms with E-state index in [0.29, 0.717) is 31.6 Å². The summed E-state index contributed by atoms with van der Waals surface area (Å²) in [5.74, 6) is 0.431. The van der Waals surface area contributed by atoms with Crippen molar-refractivity contribution in [1.82, 2.24) is 0 Å². The van der Waals surface area contributed by atoms with E-state index < -0.39 is 17.7 Å². The van der Waals surface area contributed by atoms with Crippen molar-refractivity contribution in [2.75, 3.05) is 0 Å². The summed E-state index contributed by atoms with van der Waals surface area (Å²) in [5.41, 5.74) is -0.712. The third-order valence-corrected chi connectivity index (χ3v) is 7.56. The summed E-state index contributed by atoms with van der Waals surface area (Å²) in [6.07, 6.45) is 9.05. The van der Waals surface area contributed by atoms with Crippen molar-refractivity contribution in [1.29, 1.82) is 0 Å². The Morgan fingerprint density at radius 3 is 2.48 bits per heavy atom. The second-order valence-electron chi connectivity index (χ2n) is 9.99. The Kier molecular flexibility index (Phi) is 9.15. The van der Waals surface area contributed by atoms with Crippen molar-refractivity contribution in [2.45, 2.75) is 110 Å². The minimum atomic E-state index is -0.717. The van der Waals surface area contributed by atoms with Gasteiger partial charge in [0, 0.05) is 12.3 Å². The lowest BCUT2D eigenvalue weighted by Crippen LogP contribution is -2.29. The molecule has 5 nitrogen and oxygen atoms in total. The van der Waals surface area contributed by atoms with E-state index >= 15 is 0 Å². The lowest BCUT2D eigenvalue weighted by Gasteiger charge is -2.28. The Bertz CT molecular complexity index is 543. The average molecular weight is 411 g/mol. The van der Waals surface area contributed by atoms with Crippen LogP contribution >= 0.6 is 0 Å². The van der Waals surface area contributed by atoms with Crippen LogP contribution < -0.4 is 0 Å². The molecule has 2 rings (SSSR count). The summed E-state index contributed by atoms with van der Waals surface area (Å²) in [5, 5.41) is 30.3. The van der Waals surface area contributed by atoms with Crippen LogP contribution in [0.1, 0.15) is 97.8 Å². The van der Waals surface area contributed by atoms with Gasteiger partial charge in [0.2, 0.25) is 0 Å². The number of rotatable bonds is 14. The normalized spacial score (nSPS) is 32.2. The van der Waals surface area contributed by atoms with Crippen LogP contribution in [0.15, 0.2) is 0 Å². The molecule has 0 radical (unpaired) electrons. The fraction of sp³-hybridized carbons (Fsp3) is 0.917. The molecule has 2 aliphatic carbocycles. The van der Waals surface area contributed by atoms with Crippen molar-refractivity contribution in [3.8, 4) is 0 Å². The van der Waals surface area contributed by atoms with Gasteiger partial charge in [0.1, 0.15) is 5.78 Å². The minimum Gasteiger partial charge on any atom is -0.481 e. The molecule has 0 aromatic rings. The first-order chi connectivity index (χ1) is 13.7. The predicted molar refractivity (Wildman–Crippen MR) is 113 cm³/mol. The number of carboxylic acids is 1. The summed E-state index contributed by atoms with van der Waals surface area (Å²) in [4.78, 5) is 23.5. The van der Waals surface area contributed by atoms with Gasteiger partial charge in [-0.05, 0) is 69.6 Å². The van der Waals surface area contributed by atoms with E-state index in [1.807, 2.05) is 13.8 Å². The van der Waals surface area contributed by atoms with Gasteiger partial charge in [-0.25, -0.2) is 0 Å². The lowest BCUT2D eigenvalue weighted by atomic mass is 9.82. The van der Waals surface area contributed by atoms with Crippen LogP contribution in [0.3, 0.4) is 0 Å². The molecule has 0 heterocycles. The zero-order valence-corrected chi connectivity index (χ0v) is 18.6. The highest BCUT2D eigenvalue weighted by molar-refractivity contribution is 5.84. The van der Waals surface area contributed by atoms with E-state index in [2.05, 4.69) is 6.92 Å². The van der Waals surface area contributed by atoms with E-state index in [1.165, 1.54) is 12.8 Å². The molecule has 0 saturated heterocycles. The number of hydrogen-bond donors (Lipinski definition) is 3. The van der Waals surface area contributed by atoms with Crippen LogP contribution in [0.4, 0.5) is 0 Å². The molecule has 168 valence electrons. The fourth-order valence-electron chi connectivity index (χ4n) is 5.42. The van der Waals surface area contributed by atoms with Crippen LogP contribution in [-0.4, -0.2) is 38.8 Å². The van der Waals surface area contributed by atoms with Crippen LogP contribution in [0, 0.1) is 29.6 Å². The number of aliphatic hydroxyl groups excluding tert-OH is 1.